The predicted molar refractivity (Wildman–Crippen MR) is 56.7 cm³/mol. The summed E-state index contributed by atoms with van der Waals surface area (Å²) in [6, 6.07) is -0.0463. The fraction of sp³-hybridized carbons (Fsp3) is 0.889. The Bertz CT molecular complexity index is 196. The molecule has 1 amide bonds. The molecule has 1 heterocycles. The molecule has 0 spiro atoms. The van der Waals surface area contributed by atoms with Crippen molar-refractivity contribution in [3.05, 3.63) is 0 Å². The Balaban J connectivity index is 2.62. The Morgan fingerprint density at radius 2 is 2.23 bits per heavy atom. The first kappa shape index (κ1) is 10.9. The number of carbonyl (C=O) groups excluding carboxylic acids is 1. The van der Waals surface area contributed by atoms with Crippen molar-refractivity contribution in [1.82, 2.24) is 4.90 Å². The van der Waals surface area contributed by atoms with E-state index in [1.54, 1.807) is 6.92 Å². The molecule has 1 aliphatic rings. The second kappa shape index (κ2) is 4.33. The summed E-state index contributed by atoms with van der Waals surface area (Å²) in [7, 11) is 0. The van der Waals surface area contributed by atoms with Crippen molar-refractivity contribution in [1.29, 1.82) is 0 Å². The largest absolute Gasteiger partial charge is 0.337 e. The van der Waals surface area contributed by atoms with Crippen molar-refractivity contribution in [2.24, 2.45) is 5.73 Å². The summed E-state index contributed by atoms with van der Waals surface area (Å²) in [5.41, 5.74) is 5.58. The first-order valence-corrected chi connectivity index (χ1v) is 5.76. The van der Waals surface area contributed by atoms with Crippen molar-refractivity contribution in [3.8, 4) is 0 Å². The van der Waals surface area contributed by atoms with Gasteiger partial charge < -0.3 is 10.6 Å². The molecule has 3 atom stereocenters. The average Bonchev–Trinajstić information content (AvgIpc) is 2.08. The Kier molecular flexibility index (Phi) is 3.62. The highest BCUT2D eigenvalue weighted by Gasteiger charge is 2.29. The van der Waals surface area contributed by atoms with E-state index < -0.39 is 0 Å². The molecule has 2 N–H and O–H groups in total. The van der Waals surface area contributed by atoms with Crippen LogP contribution in [-0.2, 0) is 4.79 Å². The third kappa shape index (κ3) is 2.38. The summed E-state index contributed by atoms with van der Waals surface area (Å²) in [5, 5.41) is 0.524. The van der Waals surface area contributed by atoms with Crippen molar-refractivity contribution in [2.75, 3.05) is 12.3 Å². The van der Waals surface area contributed by atoms with Crippen LogP contribution in [-0.4, -0.2) is 40.4 Å². The van der Waals surface area contributed by atoms with Gasteiger partial charge in [-0.15, -0.1) is 0 Å². The number of nitrogens with two attached hydrogens (primary N) is 1. The lowest BCUT2D eigenvalue weighted by Crippen LogP contribution is -2.52. The molecule has 1 aliphatic heterocycles. The molecule has 0 radical (unpaired) electrons. The number of rotatable bonds is 1. The van der Waals surface area contributed by atoms with E-state index >= 15 is 0 Å². The third-order valence-electron chi connectivity index (χ3n) is 2.56. The lowest BCUT2D eigenvalue weighted by atomic mass is 10.2. The lowest BCUT2D eigenvalue weighted by Gasteiger charge is -2.38. The van der Waals surface area contributed by atoms with Crippen molar-refractivity contribution < 1.29 is 4.79 Å². The summed E-state index contributed by atoms with van der Waals surface area (Å²) < 4.78 is 0. The van der Waals surface area contributed by atoms with Crippen LogP contribution in [0.5, 0.6) is 0 Å². The number of carbonyl (C=O) groups is 1. The highest BCUT2D eigenvalue weighted by atomic mass is 32.2. The van der Waals surface area contributed by atoms with Gasteiger partial charge in [-0.05, 0) is 13.8 Å². The maximum Gasteiger partial charge on any atom is 0.239 e. The topological polar surface area (TPSA) is 46.3 Å². The maximum atomic E-state index is 11.6. The molecule has 0 aromatic carbocycles. The number of thioether (sulfide) groups is 1. The second-order valence-corrected chi connectivity index (χ2v) is 5.12. The average molecular weight is 202 g/mol. The summed E-state index contributed by atoms with van der Waals surface area (Å²) >= 11 is 1.92. The smallest absolute Gasteiger partial charge is 0.239 e. The van der Waals surface area contributed by atoms with Crippen molar-refractivity contribution in [3.63, 3.8) is 0 Å². The van der Waals surface area contributed by atoms with E-state index in [1.165, 1.54) is 0 Å². The molecule has 1 rings (SSSR count). The Labute approximate surface area is 84.0 Å². The van der Waals surface area contributed by atoms with Gasteiger partial charge in [-0.3, -0.25) is 4.79 Å². The van der Waals surface area contributed by atoms with Crippen molar-refractivity contribution in [2.45, 2.75) is 38.1 Å². The number of hydrogen-bond donors (Lipinski definition) is 1. The van der Waals surface area contributed by atoms with Crippen LogP contribution < -0.4 is 5.73 Å². The van der Waals surface area contributed by atoms with Gasteiger partial charge in [0.05, 0.1) is 6.04 Å². The van der Waals surface area contributed by atoms with Gasteiger partial charge in [0.2, 0.25) is 5.91 Å². The Morgan fingerprint density at radius 3 is 2.77 bits per heavy atom. The molecule has 0 unspecified atom stereocenters. The normalized spacial score (nSPS) is 31.5. The molecule has 0 saturated carbocycles. The summed E-state index contributed by atoms with van der Waals surface area (Å²) in [5.74, 6) is 1.11. The molecule has 0 aromatic rings. The molecule has 1 fully saturated rings. The molecular formula is C9H18N2OS. The predicted octanol–water partition coefficient (Wildman–Crippen LogP) is 0.686. The first-order valence-electron chi connectivity index (χ1n) is 4.71. The van der Waals surface area contributed by atoms with Crippen LogP contribution in [0.3, 0.4) is 0 Å². The van der Waals surface area contributed by atoms with E-state index in [4.69, 9.17) is 5.73 Å². The molecule has 0 aromatic heterocycles. The van der Waals surface area contributed by atoms with E-state index in [2.05, 4.69) is 13.8 Å². The van der Waals surface area contributed by atoms with E-state index in [9.17, 15) is 4.79 Å². The van der Waals surface area contributed by atoms with E-state index in [0.29, 0.717) is 11.3 Å². The minimum atomic E-state index is -0.363. The van der Waals surface area contributed by atoms with Gasteiger partial charge in [-0.25, -0.2) is 0 Å². The van der Waals surface area contributed by atoms with Gasteiger partial charge in [-0.2, -0.15) is 11.8 Å². The third-order valence-corrected chi connectivity index (χ3v) is 3.89. The number of nitrogens with zero attached hydrogens (tertiary/aromatic N) is 1. The van der Waals surface area contributed by atoms with Gasteiger partial charge in [0, 0.05) is 23.6 Å². The standard InChI is InChI=1S/C9H18N2OS/c1-6(10)9(12)11-4-5-13-8(3)7(11)2/h6-8H,4-5,10H2,1-3H3/t6-,7+,8+/m0/s1. The second-order valence-electron chi connectivity index (χ2n) is 3.64. The summed E-state index contributed by atoms with van der Waals surface area (Å²) in [4.78, 5) is 13.6. The fourth-order valence-corrected chi connectivity index (χ4v) is 2.61. The van der Waals surface area contributed by atoms with Gasteiger partial charge in [0.25, 0.3) is 0 Å². The lowest BCUT2D eigenvalue weighted by molar-refractivity contribution is -0.134. The van der Waals surface area contributed by atoms with Crippen LogP contribution >= 0.6 is 11.8 Å². The van der Waals surface area contributed by atoms with Crippen LogP contribution in [0.1, 0.15) is 20.8 Å². The van der Waals surface area contributed by atoms with Crippen LogP contribution in [0.25, 0.3) is 0 Å². The molecule has 1 saturated heterocycles. The summed E-state index contributed by atoms with van der Waals surface area (Å²) in [6.07, 6.45) is 0. The monoisotopic (exact) mass is 202 g/mol. The molecule has 4 heteroatoms. The van der Waals surface area contributed by atoms with E-state index in [1.807, 2.05) is 16.7 Å². The maximum absolute atomic E-state index is 11.6. The van der Waals surface area contributed by atoms with Gasteiger partial charge in [-0.1, -0.05) is 6.92 Å². The van der Waals surface area contributed by atoms with Crippen molar-refractivity contribution >= 4 is 17.7 Å². The molecular weight excluding hydrogens is 184 g/mol. The van der Waals surface area contributed by atoms with Gasteiger partial charge >= 0.3 is 0 Å². The van der Waals surface area contributed by atoms with E-state index in [0.717, 1.165) is 12.3 Å². The zero-order chi connectivity index (χ0) is 10.0. The number of hydrogen-bond acceptors (Lipinski definition) is 3. The molecule has 0 aliphatic carbocycles. The molecule has 13 heavy (non-hydrogen) atoms. The van der Waals surface area contributed by atoms with E-state index in [-0.39, 0.29) is 11.9 Å². The Hall–Kier alpha value is -0.220. The number of amides is 1. The molecule has 76 valence electrons. The minimum Gasteiger partial charge on any atom is -0.337 e. The van der Waals surface area contributed by atoms with Gasteiger partial charge in [0.1, 0.15) is 0 Å². The zero-order valence-corrected chi connectivity index (χ0v) is 9.30. The summed E-state index contributed by atoms with van der Waals surface area (Å²) in [6.45, 7) is 6.85. The zero-order valence-electron chi connectivity index (χ0n) is 8.49. The fourth-order valence-electron chi connectivity index (χ4n) is 1.51. The highest BCUT2D eigenvalue weighted by Crippen LogP contribution is 2.24. The minimum absolute atomic E-state index is 0.0830. The van der Waals surface area contributed by atoms with Crippen LogP contribution in [0.2, 0.25) is 0 Å². The van der Waals surface area contributed by atoms with Gasteiger partial charge in [0.15, 0.2) is 0 Å². The molecule has 0 bridgehead atoms. The van der Waals surface area contributed by atoms with Crippen LogP contribution in [0, 0.1) is 0 Å². The molecule has 3 nitrogen and oxygen atoms in total. The highest BCUT2D eigenvalue weighted by molar-refractivity contribution is 8.00. The van der Waals surface area contributed by atoms with Crippen LogP contribution in [0.4, 0.5) is 0 Å². The Morgan fingerprint density at radius 1 is 1.62 bits per heavy atom. The quantitative estimate of drug-likeness (QED) is 0.680. The SMILES string of the molecule is C[C@H](N)C(=O)N1CCS[C@H](C)[C@H]1C. The van der Waals surface area contributed by atoms with Crippen LogP contribution in [0.15, 0.2) is 0 Å². The first-order chi connectivity index (χ1) is 6.04.